The van der Waals surface area contributed by atoms with E-state index < -0.39 is 0 Å². The quantitative estimate of drug-likeness (QED) is 0.536. The predicted octanol–water partition coefficient (Wildman–Crippen LogP) is 2.84. The van der Waals surface area contributed by atoms with Crippen LogP contribution in [0.25, 0.3) is 0 Å². The van der Waals surface area contributed by atoms with Crippen molar-refractivity contribution in [3.05, 3.63) is 0 Å². The maximum Gasteiger partial charge on any atom is 0.0704 e. The minimum absolute atomic E-state index is 0.342. The zero-order valence-corrected chi connectivity index (χ0v) is 12.1. The molecule has 1 unspecified atom stereocenters. The third kappa shape index (κ3) is 12.1. The minimum Gasteiger partial charge on any atom is -0.379 e. The molecular formula is C14H31NO2. The molecule has 0 fully saturated rings. The highest BCUT2D eigenvalue weighted by molar-refractivity contribution is 4.61. The van der Waals surface area contributed by atoms with Crippen LogP contribution in [-0.4, -0.2) is 39.0 Å². The van der Waals surface area contributed by atoms with Crippen molar-refractivity contribution in [2.75, 3.05) is 32.9 Å². The summed E-state index contributed by atoms with van der Waals surface area (Å²) in [5.41, 5.74) is 0. The molecule has 0 aliphatic heterocycles. The van der Waals surface area contributed by atoms with Gasteiger partial charge >= 0.3 is 0 Å². The molecule has 1 N–H and O–H groups in total. The molecule has 0 aliphatic carbocycles. The van der Waals surface area contributed by atoms with Crippen LogP contribution in [0.4, 0.5) is 0 Å². The Morgan fingerprint density at radius 2 is 1.82 bits per heavy atom. The van der Waals surface area contributed by atoms with E-state index in [1.807, 2.05) is 0 Å². The average Bonchev–Trinajstić information content (AvgIpc) is 2.28. The average molecular weight is 245 g/mol. The van der Waals surface area contributed by atoms with Crippen LogP contribution in [0.15, 0.2) is 0 Å². The van der Waals surface area contributed by atoms with Crippen molar-refractivity contribution in [3.8, 4) is 0 Å². The molecule has 0 aliphatic rings. The van der Waals surface area contributed by atoms with Gasteiger partial charge in [0.1, 0.15) is 0 Å². The summed E-state index contributed by atoms with van der Waals surface area (Å²) in [4.78, 5) is 0. The van der Waals surface area contributed by atoms with E-state index in [2.05, 4.69) is 33.0 Å². The summed E-state index contributed by atoms with van der Waals surface area (Å²) in [6, 6.07) is 0. The normalized spacial score (nSPS) is 13.2. The molecule has 104 valence electrons. The smallest absolute Gasteiger partial charge is 0.0704 e. The van der Waals surface area contributed by atoms with E-state index in [-0.39, 0.29) is 0 Å². The summed E-state index contributed by atoms with van der Waals surface area (Å²) < 4.78 is 11.3. The van der Waals surface area contributed by atoms with E-state index in [4.69, 9.17) is 9.47 Å². The van der Waals surface area contributed by atoms with E-state index in [0.717, 1.165) is 26.1 Å². The molecule has 0 aromatic heterocycles. The highest BCUT2D eigenvalue weighted by atomic mass is 16.5. The Labute approximate surface area is 107 Å². The molecule has 0 aromatic rings. The topological polar surface area (TPSA) is 30.5 Å². The first-order chi connectivity index (χ1) is 8.20. The zero-order chi connectivity index (χ0) is 12.9. The molecule has 0 rings (SSSR count). The van der Waals surface area contributed by atoms with E-state index in [1.54, 1.807) is 0 Å². The molecule has 0 radical (unpaired) electrons. The maximum atomic E-state index is 5.82. The van der Waals surface area contributed by atoms with Gasteiger partial charge in [-0.2, -0.15) is 0 Å². The molecular weight excluding hydrogens is 214 g/mol. The first-order valence-corrected chi connectivity index (χ1v) is 7.10. The van der Waals surface area contributed by atoms with Gasteiger partial charge in [0.2, 0.25) is 0 Å². The second kappa shape index (κ2) is 12.3. The summed E-state index contributed by atoms with van der Waals surface area (Å²) in [6.45, 7) is 13.0. The van der Waals surface area contributed by atoms with Gasteiger partial charge in [-0.3, -0.25) is 0 Å². The molecule has 0 aromatic carbocycles. The van der Waals surface area contributed by atoms with Crippen molar-refractivity contribution in [1.82, 2.24) is 5.32 Å². The van der Waals surface area contributed by atoms with Gasteiger partial charge in [0.25, 0.3) is 0 Å². The van der Waals surface area contributed by atoms with Crippen molar-refractivity contribution in [2.45, 2.75) is 53.1 Å². The van der Waals surface area contributed by atoms with E-state index >= 15 is 0 Å². The first kappa shape index (κ1) is 16.9. The Kier molecular flexibility index (Phi) is 12.3. The van der Waals surface area contributed by atoms with E-state index in [0.29, 0.717) is 25.2 Å². The monoisotopic (exact) mass is 245 g/mol. The predicted molar refractivity (Wildman–Crippen MR) is 73.5 cm³/mol. The summed E-state index contributed by atoms with van der Waals surface area (Å²) in [7, 11) is 0. The van der Waals surface area contributed by atoms with Gasteiger partial charge in [0.15, 0.2) is 0 Å². The lowest BCUT2D eigenvalue weighted by Crippen LogP contribution is -2.30. The van der Waals surface area contributed by atoms with E-state index in [1.165, 1.54) is 12.8 Å². The van der Waals surface area contributed by atoms with Crippen molar-refractivity contribution in [3.63, 3.8) is 0 Å². The Morgan fingerprint density at radius 1 is 1.06 bits per heavy atom. The van der Waals surface area contributed by atoms with Crippen molar-refractivity contribution < 1.29 is 9.47 Å². The lowest BCUT2D eigenvalue weighted by atomic mass is 10.2. The molecule has 17 heavy (non-hydrogen) atoms. The third-order valence-corrected chi connectivity index (χ3v) is 2.44. The summed E-state index contributed by atoms with van der Waals surface area (Å²) in [5.74, 6) is 0.604. The fourth-order valence-electron chi connectivity index (χ4n) is 1.60. The molecule has 0 amide bonds. The molecule has 3 nitrogen and oxygen atoms in total. The fourth-order valence-corrected chi connectivity index (χ4v) is 1.60. The van der Waals surface area contributed by atoms with E-state index in [9.17, 15) is 0 Å². The van der Waals surface area contributed by atoms with Gasteiger partial charge in [-0.15, -0.1) is 0 Å². The second-order valence-electron chi connectivity index (χ2n) is 4.95. The molecule has 1 atom stereocenters. The molecule has 0 heterocycles. The Bertz CT molecular complexity index is 151. The van der Waals surface area contributed by atoms with Gasteiger partial charge in [0, 0.05) is 13.2 Å². The summed E-state index contributed by atoms with van der Waals surface area (Å²) in [5, 5.41) is 3.41. The van der Waals surface area contributed by atoms with Crippen LogP contribution < -0.4 is 5.32 Å². The number of nitrogens with one attached hydrogen (secondary N) is 1. The second-order valence-corrected chi connectivity index (χ2v) is 4.95. The third-order valence-electron chi connectivity index (χ3n) is 2.44. The highest BCUT2D eigenvalue weighted by Crippen LogP contribution is 2.01. The fraction of sp³-hybridized carbons (Fsp3) is 1.00. The van der Waals surface area contributed by atoms with Gasteiger partial charge in [-0.25, -0.2) is 0 Å². The first-order valence-electron chi connectivity index (χ1n) is 7.10. The van der Waals surface area contributed by atoms with Crippen molar-refractivity contribution >= 4 is 0 Å². The number of hydrogen-bond donors (Lipinski definition) is 1. The van der Waals surface area contributed by atoms with Gasteiger partial charge in [-0.05, 0) is 25.3 Å². The minimum atomic E-state index is 0.342. The molecule has 0 spiro atoms. The lowest BCUT2D eigenvalue weighted by Gasteiger charge is -2.18. The van der Waals surface area contributed by atoms with Crippen LogP contribution in [-0.2, 0) is 9.47 Å². The highest BCUT2D eigenvalue weighted by Gasteiger charge is 2.07. The van der Waals surface area contributed by atoms with Crippen molar-refractivity contribution in [1.29, 1.82) is 0 Å². The molecule has 0 saturated heterocycles. The Balaban J connectivity index is 3.48. The van der Waals surface area contributed by atoms with Crippen LogP contribution in [0, 0.1) is 5.92 Å². The number of hydrogen-bond acceptors (Lipinski definition) is 3. The van der Waals surface area contributed by atoms with Crippen LogP contribution >= 0.6 is 0 Å². The van der Waals surface area contributed by atoms with Gasteiger partial charge < -0.3 is 14.8 Å². The van der Waals surface area contributed by atoms with Crippen molar-refractivity contribution in [2.24, 2.45) is 5.92 Å². The summed E-state index contributed by atoms with van der Waals surface area (Å²) >= 11 is 0. The number of ether oxygens (including phenoxy) is 2. The van der Waals surface area contributed by atoms with Crippen LogP contribution in [0.2, 0.25) is 0 Å². The standard InChI is InChI=1S/C14H31NO2/c1-5-7-14(11-15-8-6-2)17-10-9-16-12-13(3)4/h13-15H,5-12H2,1-4H3. The van der Waals surface area contributed by atoms with Gasteiger partial charge in [0.05, 0.1) is 19.3 Å². The summed E-state index contributed by atoms with van der Waals surface area (Å²) in [6.07, 6.45) is 3.82. The lowest BCUT2D eigenvalue weighted by molar-refractivity contribution is -0.00341. The Hall–Kier alpha value is -0.120. The SMILES string of the molecule is CCCNCC(CCC)OCCOCC(C)C. The molecule has 0 saturated carbocycles. The Morgan fingerprint density at radius 3 is 2.41 bits per heavy atom. The number of rotatable bonds is 12. The maximum absolute atomic E-state index is 5.82. The van der Waals surface area contributed by atoms with Crippen LogP contribution in [0.3, 0.4) is 0 Å². The largest absolute Gasteiger partial charge is 0.379 e. The van der Waals surface area contributed by atoms with Crippen LogP contribution in [0.5, 0.6) is 0 Å². The van der Waals surface area contributed by atoms with Crippen LogP contribution in [0.1, 0.15) is 47.0 Å². The molecule has 0 bridgehead atoms. The van der Waals surface area contributed by atoms with Gasteiger partial charge in [-0.1, -0.05) is 34.1 Å². The molecule has 3 heteroatoms. The zero-order valence-electron chi connectivity index (χ0n) is 12.1.